The van der Waals surface area contributed by atoms with E-state index in [0.717, 1.165) is 17.2 Å². The van der Waals surface area contributed by atoms with Crippen molar-refractivity contribution in [2.45, 2.75) is 17.7 Å². The summed E-state index contributed by atoms with van der Waals surface area (Å²) in [6, 6.07) is 13.4. The predicted molar refractivity (Wildman–Crippen MR) is 93.7 cm³/mol. The predicted octanol–water partition coefficient (Wildman–Crippen LogP) is 1.67. The third-order valence-corrected chi connectivity index (χ3v) is 5.70. The molecule has 0 aromatic heterocycles. The molecule has 0 unspecified atom stereocenters. The summed E-state index contributed by atoms with van der Waals surface area (Å²) < 4.78 is 12.5. The Kier molecular flexibility index (Phi) is 4.94. The summed E-state index contributed by atoms with van der Waals surface area (Å²) in [7, 11) is -1.40. The van der Waals surface area contributed by atoms with Crippen LogP contribution in [0.15, 0.2) is 47.4 Å². The summed E-state index contributed by atoms with van der Waals surface area (Å²) in [6.07, 6.45) is 1.47. The van der Waals surface area contributed by atoms with Crippen molar-refractivity contribution in [2.24, 2.45) is 11.7 Å². The lowest BCUT2D eigenvalue weighted by atomic mass is 9.97. The maximum atomic E-state index is 12.5. The van der Waals surface area contributed by atoms with Gasteiger partial charge in [0.1, 0.15) is 5.75 Å². The van der Waals surface area contributed by atoms with Gasteiger partial charge in [-0.15, -0.1) is 0 Å². The summed E-state index contributed by atoms with van der Waals surface area (Å²) in [6.45, 7) is 0.931. The molecule has 2 atom stereocenters. The molecule has 24 heavy (non-hydrogen) atoms. The molecule has 6 heteroatoms. The molecular formula is C18H20N2O3S. The third kappa shape index (κ3) is 3.64. The molecule has 2 aromatic rings. The molecule has 5 nitrogen and oxygen atoms in total. The Labute approximate surface area is 143 Å². The van der Waals surface area contributed by atoms with Crippen LogP contribution in [0, 0.1) is 5.92 Å². The van der Waals surface area contributed by atoms with Crippen LogP contribution in [0.5, 0.6) is 0 Å². The molecule has 0 saturated carbocycles. The maximum absolute atomic E-state index is 12.5. The average molecular weight is 344 g/mol. The van der Waals surface area contributed by atoms with Gasteiger partial charge >= 0.3 is 0 Å². The van der Waals surface area contributed by atoms with Crippen molar-refractivity contribution in [1.29, 1.82) is 0 Å². The normalized spacial score (nSPS) is 19.2. The van der Waals surface area contributed by atoms with E-state index < -0.39 is 10.8 Å². The Morgan fingerprint density at radius 1 is 1.17 bits per heavy atom. The molecule has 1 aliphatic rings. The highest BCUT2D eigenvalue weighted by Gasteiger charge is 2.27. The fourth-order valence-electron chi connectivity index (χ4n) is 3.03. The van der Waals surface area contributed by atoms with Crippen LogP contribution in [0.1, 0.15) is 12.8 Å². The first-order valence-electron chi connectivity index (χ1n) is 7.99. The van der Waals surface area contributed by atoms with Crippen LogP contribution in [0.3, 0.4) is 0 Å². The van der Waals surface area contributed by atoms with E-state index in [1.54, 1.807) is 11.0 Å². The van der Waals surface area contributed by atoms with Crippen LogP contribution in [-0.4, -0.2) is 39.8 Å². The SMILES string of the molecule is NC(=O)[C@@H]1CCCN(C(=O)C[S@](=O)c2ccc3ccccc3c2)C1. The van der Waals surface area contributed by atoms with E-state index in [0.29, 0.717) is 24.4 Å². The summed E-state index contributed by atoms with van der Waals surface area (Å²) in [5.41, 5.74) is 5.34. The molecule has 0 aliphatic carbocycles. The Hall–Kier alpha value is -2.21. The Morgan fingerprint density at radius 3 is 2.67 bits per heavy atom. The highest BCUT2D eigenvalue weighted by Crippen LogP contribution is 2.20. The lowest BCUT2D eigenvalue weighted by Crippen LogP contribution is -2.45. The molecular weight excluding hydrogens is 324 g/mol. The molecule has 0 radical (unpaired) electrons. The van der Waals surface area contributed by atoms with Crippen LogP contribution < -0.4 is 5.73 Å². The van der Waals surface area contributed by atoms with E-state index in [1.807, 2.05) is 36.4 Å². The van der Waals surface area contributed by atoms with Gasteiger partial charge in [0.05, 0.1) is 16.7 Å². The van der Waals surface area contributed by atoms with Gasteiger partial charge in [0.15, 0.2) is 0 Å². The van der Waals surface area contributed by atoms with Gasteiger partial charge in [-0.05, 0) is 35.7 Å². The number of nitrogens with zero attached hydrogens (tertiary/aromatic N) is 1. The first-order valence-corrected chi connectivity index (χ1v) is 9.31. The number of nitrogens with two attached hydrogens (primary N) is 1. The van der Waals surface area contributed by atoms with Gasteiger partial charge in [0, 0.05) is 18.0 Å². The standard InChI is InChI=1S/C18H20N2O3S/c19-18(22)15-6-3-9-20(11-15)17(21)12-24(23)16-8-7-13-4-1-2-5-14(13)10-16/h1-2,4-5,7-8,10,15H,3,6,9,11-12H2,(H2,19,22)/t15-,24+/m1/s1. The number of carbonyl (C=O) groups excluding carboxylic acids is 2. The zero-order valence-electron chi connectivity index (χ0n) is 13.3. The molecule has 0 bridgehead atoms. The zero-order valence-corrected chi connectivity index (χ0v) is 14.1. The minimum atomic E-state index is -1.40. The monoisotopic (exact) mass is 344 g/mol. The largest absolute Gasteiger partial charge is 0.369 e. The minimum Gasteiger partial charge on any atom is -0.369 e. The van der Waals surface area contributed by atoms with Crippen LogP contribution in [0.4, 0.5) is 0 Å². The van der Waals surface area contributed by atoms with Gasteiger partial charge in [-0.2, -0.15) is 0 Å². The summed E-state index contributed by atoms with van der Waals surface area (Å²) in [5, 5.41) is 2.08. The number of carbonyl (C=O) groups is 2. The number of rotatable bonds is 4. The van der Waals surface area contributed by atoms with E-state index in [2.05, 4.69) is 0 Å². The van der Waals surface area contributed by atoms with Gasteiger partial charge < -0.3 is 10.6 Å². The van der Waals surface area contributed by atoms with Crippen molar-refractivity contribution in [2.75, 3.05) is 18.8 Å². The molecule has 2 aromatic carbocycles. The average Bonchev–Trinajstić information content (AvgIpc) is 2.61. The van der Waals surface area contributed by atoms with Crippen molar-refractivity contribution in [3.8, 4) is 0 Å². The van der Waals surface area contributed by atoms with Crippen LogP contribution >= 0.6 is 0 Å². The van der Waals surface area contributed by atoms with E-state index in [-0.39, 0.29) is 23.5 Å². The van der Waals surface area contributed by atoms with E-state index in [1.165, 1.54) is 0 Å². The van der Waals surface area contributed by atoms with E-state index in [9.17, 15) is 13.8 Å². The molecule has 1 fully saturated rings. The molecule has 0 spiro atoms. The number of likely N-dealkylation sites (tertiary alicyclic amines) is 1. The van der Waals surface area contributed by atoms with E-state index in [4.69, 9.17) is 5.73 Å². The lowest BCUT2D eigenvalue weighted by Gasteiger charge is -2.31. The number of benzene rings is 2. The Bertz CT molecular complexity index is 806. The van der Waals surface area contributed by atoms with Gasteiger partial charge in [0.25, 0.3) is 0 Å². The van der Waals surface area contributed by atoms with Gasteiger partial charge in [-0.3, -0.25) is 13.8 Å². The number of hydrogen-bond acceptors (Lipinski definition) is 3. The lowest BCUT2D eigenvalue weighted by molar-refractivity contribution is -0.132. The maximum Gasteiger partial charge on any atom is 0.235 e. The molecule has 3 rings (SSSR count). The fourth-order valence-corrected chi connectivity index (χ4v) is 4.08. The number of amides is 2. The minimum absolute atomic E-state index is 0.0657. The van der Waals surface area contributed by atoms with Crippen molar-refractivity contribution in [1.82, 2.24) is 4.90 Å². The van der Waals surface area contributed by atoms with Gasteiger partial charge in [0.2, 0.25) is 11.8 Å². The number of primary amides is 1. The number of fused-ring (bicyclic) bond motifs is 1. The molecule has 1 heterocycles. The second-order valence-electron chi connectivity index (χ2n) is 6.08. The van der Waals surface area contributed by atoms with Crippen LogP contribution in [0.25, 0.3) is 10.8 Å². The summed E-state index contributed by atoms with van der Waals surface area (Å²) >= 11 is 0. The molecule has 126 valence electrons. The van der Waals surface area contributed by atoms with Crippen molar-refractivity contribution >= 4 is 33.4 Å². The van der Waals surface area contributed by atoms with Gasteiger partial charge in [-0.25, -0.2) is 0 Å². The highest BCUT2D eigenvalue weighted by atomic mass is 32.2. The topological polar surface area (TPSA) is 80.5 Å². The second-order valence-corrected chi connectivity index (χ2v) is 7.53. The van der Waals surface area contributed by atoms with Crippen molar-refractivity contribution in [3.05, 3.63) is 42.5 Å². The quantitative estimate of drug-likeness (QED) is 0.916. The molecule has 1 saturated heterocycles. The van der Waals surface area contributed by atoms with E-state index >= 15 is 0 Å². The number of hydrogen-bond donors (Lipinski definition) is 1. The highest BCUT2D eigenvalue weighted by molar-refractivity contribution is 7.85. The molecule has 1 aliphatic heterocycles. The first-order chi connectivity index (χ1) is 11.5. The zero-order chi connectivity index (χ0) is 17.1. The van der Waals surface area contributed by atoms with Crippen molar-refractivity contribution in [3.63, 3.8) is 0 Å². The van der Waals surface area contributed by atoms with Crippen molar-refractivity contribution < 1.29 is 13.8 Å². The summed E-state index contributed by atoms with van der Waals surface area (Å²) in [4.78, 5) is 26.0. The van der Waals surface area contributed by atoms with Gasteiger partial charge in [-0.1, -0.05) is 30.3 Å². The number of piperidine rings is 1. The fraction of sp³-hybridized carbons (Fsp3) is 0.333. The first kappa shape index (κ1) is 16.6. The van der Waals surface area contributed by atoms with Crippen LogP contribution in [0.2, 0.25) is 0 Å². The second kappa shape index (κ2) is 7.13. The Morgan fingerprint density at radius 2 is 1.92 bits per heavy atom. The Balaban J connectivity index is 1.68. The van der Waals surface area contributed by atoms with Crippen LogP contribution in [-0.2, 0) is 20.4 Å². The third-order valence-electron chi connectivity index (χ3n) is 4.41. The summed E-state index contributed by atoms with van der Waals surface area (Å²) in [5.74, 6) is -0.920. The smallest absolute Gasteiger partial charge is 0.235 e. The molecule has 2 amide bonds. The molecule has 2 N–H and O–H groups in total.